The van der Waals surface area contributed by atoms with Gasteiger partial charge in [0.1, 0.15) is 5.82 Å². The first kappa shape index (κ1) is 14.0. The Balaban J connectivity index is 2.35. The maximum Gasteiger partial charge on any atom is 0.244 e. The van der Waals surface area contributed by atoms with E-state index in [-0.39, 0.29) is 15.4 Å². The van der Waals surface area contributed by atoms with E-state index in [1.54, 1.807) is 7.05 Å². The van der Waals surface area contributed by atoms with Crippen LogP contribution in [0.1, 0.15) is 25.7 Å². The Kier molecular flexibility index (Phi) is 4.08. The summed E-state index contributed by atoms with van der Waals surface area (Å²) in [6.45, 7) is 0. The van der Waals surface area contributed by atoms with Gasteiger partial charge in [-0.2, -0.15) is 4.31 Å². The van der Waals surface area contributed by atoms with Crippen LogP contribution in [0, 0.1) is 5.82 Å². The van der Waals surface area contributed by atoms with Gasteiger partial charge < -0.3 is 0 Å². The van der Waals surface area contributed by atoms with Crippen LogP contribution in [-0.4, -0.2) is 25.8 Å². The van der Waals surface area contributed by atoms with Crippen LogP contribution >= 0.6 is 15.9 Å². The van der Waals surface area contributed by atoms with E-state index in [4.69, 9.17) is 0 Å². The van der Waals surface area contributed by atoms with Gasteiger partial charge in [-0.15, -0.1) is 0 Å². The van der Waals surface area contributed by atoms with Gasteiger partial charge >= 0.3 is 0 Å². The number of hydrogen-bond acceptors (Lipinski definition) is 2. The molecular weight excluding hydrogens is 321 g/mol. The second-order valence-electron chi connectivity index (χ2n) is 4.53. The standard InChI is InChI=1S/C12H15BrFNO2S/c1-15(10-4-2-3-5-10)18(16,17)12-7-6-9(14)8-11(12)13/h6-8,10H,2-5H2,1H3. The fraction of sp³-hybridized carbons (Fsp3) is 0.500. The van der Waals surface area contributed by atoms with E-state index in [1.165, 1.54) is 22.5 Å². The second kappa shape index (κ2) is 5.27. The van der Waals surface area contributed by atoms with Crippen LogP contribution in [0.3, 0.4) is 0 Å². The highest BCUT2D eigenvalue weighted by atomic mass is 79.9. The summed E-state index contributed by atoms with van der Waals surface area (Å²) in [7, 11) is -1.95. The normalized spacial score (nSPS) is 17.6. The van der Waals surface area contributed by atoms with Gasteiger partial charge in [-0.3, -0.25) is 0 Å². The van der Waals surface area contributed by atoms with Crippen LogP contribution in [0.4, 0.5) is 4.39 Å². The van der Waals surface area contributed by atoms with Crippen LogP contribution in [0.2, 0.25) is 0 Å². The summed E-state index contributed by atoms with van der Waals surface area (Å²) >= 11 is 3.11. The maximum absolute atomic E-state index is 13.0. The van der Waals surface area contributed by atoms with Gasteiger partial charge in [-0.25, -0.2) is 12.8 Å². The van der Waals surface area contributed by atoms with Gasteiger partial charge in [0.05, 0.1) is 4.90 Å². The van der Waals surface area contributed by atoms with Crippen molar-refractivity contribution in [2.75, 3.05) is 7.05 Å². The molecule has 0 aliphatic heterocycles. The zero-order valence-electron chi connectivity index (χ0n) is 10.1. The van der Waals surface area contributed by atoms with E-state index in [2.05, 4.69) is 15.9 Å². The third-order valence-corrected chi connectivity index (χ3v) is 6.28. The molecule has 0 N–H and O–H groups in total. The highest BCUT2D eigenvalue weighted by Gasteiger charge is 2.31. The third-order valence-electron chi connectivity index (χ3n) is 3.39. The molecular formula is C12H15BrFNO2S. The smallest absolute Gasteiger partial charge is 0.207 e. The molecule has 2 rings (SSSR count). The zero-order chi connectivity index (χ0) is 13.3. The van der Waals surface area contributed by atoms with E-state index >= 15 is 0 Å². The summed E-state index contributed by atoms with van der Waals surface area (Å²) in [6, 6.07) is 3.71. The zero-order valence-corrected chi connectivity index (χ0v) is 12.5. The van der Waals surface area contributed by atoms with E-state index < -0.39 is 15.8 Å². The second-order valence-corrected chi connectivity index (χ2v) is 7.35. The maximum atomic E-state index is 13.0. The first-order chi connectivity index (χ1) is 8.43. The van der Waals surface area contributed by atoms with Gasteiger partial charge in [0.15, 0.2) is 0 Å². The lowest BCUT2D eigenvalue weighted by molar-refractivity contribution is 0.372. The van der Waals surface area contributed by atoms with Gasteiger partial charge in [0.25, 0.3) is 0 Å². The molecule has 0 bridgehead atoms. The van der Waals surface area contributed by atoms with E-state index in [0.29, 0.717) is 0 Å². The van der Waals surface area contributed by atoms with Crippen LogP contribution in [0.5, 0.6) is 0 Å². The lowest BCUT2D eigenvalue weighted by Crippen LogP contribution is -2.35. The number of rotatable bonds is 3. The van der Waals surface area contributed by atoms with Crippen molar-refractivity contribution < 1.29 is 12.8 Å². The number of halogens is 2. The highest BCUT2D eigenvalue weighted by molar-refractivity contribution is 9.10. The fourth-order valence-electron chi connectivity index (χ4n) is 2.30. The van der Waals surface area contributed by atoms with Crippen LogP contribution < -0.4 is 0 Å². The Bertz CT molecular complexity index is 541. The molecule has 0 heterocycles. The molecule has 0 amide bonds. The van der Waals surface area contributed by atoms with Crippen molar-refractivity contribution in [3.05, 3.63) is 28.5 Å². The number of nitrogens with zero attached hydrogens (tertiary/aromatic N) is 1. The predicted octanol–water partition coefficient (Wildman–Crippen LogP) is 3.15. The van der Waals surface area contributed by atoms with Crippen molar-refractivity contribution >= 4 is 26.0 Å². The number of hydrogen-bond donors (Lipinski definition) is 0. The molecule has 1 aromatic rings. The van der Waals surface area contributed by atoms with Crippen molar-refractivity contribution in [3.8, 4) is 0 Å². The van der Waals surface area contributed by atoms with E-state index in [1.807, 2.05) is 0 Å². The minimum atomic E-state index is -3.55. The molecule has 0 spiro atoms. The summed E-state index contributed by atoms with van der Waals surface area (Å²) in [6.07, 6.45) is 3.92. The Morgan fingerprint density at radius 2 is 1.94 bits per heavy atom. The minimum Gasteiger partial charge on any atom is -0.207 e. The molecule has 0 aromatic heterocycles. The molecule has 6 heteroatoms. The summed E-state index contributed by atoms with van der Waals surface area (Å²) in [5.74, 6) is -0.454. The van der Waals surface area contributed by atoms with Crippen molar-refractivity contribution in [1.82, 2.24) is 4.31 Å². The molecule has 3 nitrogen and oxygen atoms in total. The SMILES string of the molecule is CN(C1CCCC1)S(=O)(=O)c1ccc(F)cc1Br. The van der Waals surface area contributed by atoms with Gasteiger partial charge in [-0.1, -0.05) is 12.8 Å². The molecule has 1 saturated carbocycles. The first-order valence-electron chi connectivity index (χ1n) is 5.86. The Morgan fingerprint density at radius 1 is 1.33 bits per heavy atom. The lowest BCUT2D eigenvalue weighted by atomic mass is 10.3. The minimum absolute atomic E-state index is 0.0620. The van der Waals surface area contributed by atoms with Crippen molar-refractivity contribution in [2.45, 2.75) is 36.6 Å². The monoisotopic (exact) mass is 335 g/mol. The first-order valence-corrected chi connectivity index (χ1v) is 8.09. The Hall–Kier alpha value is -0.460. The molecule has 1 aromatic carbocycles. The van der Waals surface area contributed by atoms with Crippen LogP contribution in [0.25, 0.3) is 0 Å². The fourth-order valence-corrected chi connectivity index (χ4v) is 4.73. The largest absolute Gasteiger partial charge is 0.244 e. The van der Waals surface area contributed by atoms with Gasteiger partial charge in [0.2, 0.25) is 10.0 Å². The van der Waals surface area contributed by atoms with Crippen molar-refractivity contribution in [3.63, 3.8) is 0 Å². The van der Waals surface area contributed by atoms with E-state index in [0.717, 1.165) is 25.7 Å². The summed E-state index contributed by atoms with van der Waals surface area (Å²) < 4.78 is 39.5. The number of benzene rings is 1. The van der Waals surface area contributed by atoms with Crippen LogP contribution in [-0.2, 0) is 10.0 Å². The highest BCUT2D eigenvalue weighted by Crippen LogP contribution is 2.30. The number of sulfonamides is 1. The average Bonchev–Trinajstić information content (AvgIpc) is 2.80. The quantitative estimate of drug-likeness (QED) is 0.850. The van der Waals surface area contributed by atoms with Crippen molar-refractivity contribution in [2.24, 2.45) is 0 Å². The third kappa shape index (κ3) is 2.60. The predicted molar refractivity (Wildman–Crippen MR) is 71.3 cm³/mol. The van der Waals surface area contributed by atoms with Crippen LogP contribution in [0.15, 0.2) is 27.6 Å². The Morgan fingerprint density at radius 3 is 2.50 bits per heavy atom. The Labute approximate surface area is 115 Å². The summed E-state index contributed by atoms with van der Waals surface area (Å²) in [5.41, 5.74) is 0. The topological polar surface area (TPSA) is 37.4 Å². The molecule has 0 saturated heterocycles. The molecule has 1 aliphatic rings. The van der Waals surface area contributed by atoms with Gasteiger partial charge in [0, 0.05) is 17.6 Å². The molecule has 1 aliphatic carbocycles. The molecule has 0 atom stereocenters. The van der Waals surface area contributed by atoms with Crippen molar-refractivity contribution in [1.29, 1.82) is 0 Å². The lowest BCUT2D eigenvalue weighted by Gasteiger charge is -2.24. The molecule has 0 unspecified atom stereocenters. The molecule has 0 radical (unpaired) electrons. The van der Waals surface area contributed by atoms with E-state index in [9.17, 15) is 12.8 Å². The van der Waals surface area contributed by atoms with Gasteiger partial charge in [-0.05, 0) is 47.0 Å². The summed E-state index contributed by atoms with van der Waals surface area (Å²) in [5, 5.41) is 0. The summed E-state index contributed by atoms with van der Waals surface area (Å²) in [4.78, 5) is 0.123. The molecule has 100 valence electrons. The molecule has 1 fully saturated rings. The molecule has 18 heavy (non-hydrogen) atoms. The average molecular weight is 336 g/mol.